The molecule has 0 radical (unpaired) electrons. The van der Waals surface area contributed by atoms with Crippen molar-refractivity contribution < 1.29 is 8.42 Å². The van der Waals surface area contributed by atoms with Gasteiger partial charge >= 0.3 is 0 Å². The summed E-state index contributed by atoms with van der Waals surface area (Å²) in [4.78, 5) is 0. The third-order valence-electron chi connectivity index (χ3n) is 2.66. The average molecular weight is 190 g/mol. The third kappa shape index (κ3) is 1.36. The first-order valence-corrected chi connectivity index (χ1v) is 5.90. The molecule has 1 heterocycles. The van der Waals surface area contributed by atoms with E-state index >= 15 is 0 Å². The fraction of sp³-hybridized carbons (Fsp3) is 1.00. The maximum atomic E-state index is 11.4. The van der Waals surface area contributed by atoms with Crippen molar-refractivity contribution in [3.8, 4) is 0 Å². The number of rotatable bonds is 1. The van der Waals surface area contributed by atoms with Crippen LogP contribution in [0.25, 0.3) is 0 Å². The minimum absolute atomic E-state index is 0.282. The Labute approximate surface area is 73.1 Å². The second kappa shape index (κ2) is 2.97. The molecule has 0 spiro atoms. The van der Waals surface area contributed by atoms with Crippen molar-refractivity contribution in [1.82, 2.24) is 9.03 Å². The highest BCUT2D eigenvalue weighted by Gasteiger charge is 2.35. The first kappa shape index (κ1) is 8.47. The predicted molar refractivity (Wildman–Crippen MR) is 45.9 cm³/mol. The summed E-state index contributed by atoms with van der Waals surface area (Å²) in [6, 6.07) is 0.282. The van der Waals surface area contributed by atoms with E-state index in [9.17, 15) is 8.42 Å². The van der Waals surface area contributed by atoms with Gasteiger partial charge in [-0.2, -0.15) is 12.7 Å². The van der Waals surface area contributed by atoms with Crippen LogP contribution in [0.15, 0.2) is 0 Å². The quantitative estimate of drug-likeness (QED) is 0.636. The van der Waals surface area contributed by atoms with Gasteiger partial charge in [-0.15, -0.1) is 0 Å². The molecule has 0 aromatic rings. The first-order chi connectivity index (χ1) is 5.70. The molecule has 0 aromatic carbocycles. The van der Waals surface area contributed by atoms with E-state index in [1.807, 2.05) is 0 Å². The summed E-state index contributed by atoms with van der Waals surface area (Å²) >= 11 is 0. The Hall–Kier alpha value is -0.130. The smallest absolute Gasteiger partial charge is 0.201 e. The lowest BCUT2D eigenvalue weighted by Gasteiger charge is -2.20. The topological polar surface area (TPSA) is 49.4 Å². The molecule has 0 amide bonds. The number of nitrogens with zero attached hydrogens (tertiary/aromatic N) is 1. The van der Waals surface area contributed by atoms with E-state index in [1.165, 1.54) is 12.8 Å². The molecular weight excluding hydrogens is 176 g/mol. The van der Waals surface area contributed by atoms with Crippen molar-refractivity contribution in [2.45, 2.75) is 31.7 Å². The summed E-state index contributed by atoms with van der Waals surface area (Å²) in [5.74, 6) is 0. The lowest BCUT2D eigenvalue weighted by Crippen LogP contribution is -2.36. The SMILES string of the molecule is O=S1(=O)NCCN1C1CCCC1. The standard InChI is InChI=1S/C7H14N2O2S/c10-12(11)8-5-6-9(12)7-3-1-2-4-7/h7-8H,1-6H2. The summed E-state index contributed by atoms with van der Waals surface area (Å²) in [5.41, 5.74) is 0. The Morgan fingerprint density at radius 2 is 1.92 bits per heavy atom. The average Bonchev–Trinajstić information content (AvgIpc) is 2.55. The van der Waals surface area contributed by atoms with E-state index in [1.54, 1.807) is 4.31 Å². The minimum Gasteiger partial charge on any atom is -0.201 e. The van der Waals surface area contributed by atoms with Crippen molar-refractivity contribution in [2.75, 3.05) is 13.1 Å². The van der Waals surface area contributed by atoms with Gasteiger partial charge in [-0.25, -0.2) is 4.72 Å². The van der Waals surface area contributed by atoms with Gasteiger partial charge in [0.25, 0.3) is 10.2 Å². The second-order valence-corrected chi connectivity index (χ2v) is 5.16. The van der Waals surface area contributed by atoms with Crippen LogP contribution >= 0.6 is 0 Å². The van der Waals surface area contributed by atoms with Gasteiger partial charge in [-0.1, -0.05) is 12.8 Å². The summed E-state index contributed by atoms with van der Waals surface area (Å²) in [5, 5.41) is 0. The van der Waals surface area contributed by atoms with Crippen molar-refractivity contribution >= 4 is 10.2 Å². The summed E-state index contributed by atoms with van der Waals surface area (Å²) in [6.45, 7) is 1.24. The molecule has 5 heteroatoms. The van der Waals surface area contributed by atoms with E-state index in [0.29, 0.717) is 13.1 Å². The van der Waals surface area contributed by atoms with Crippen LogP contribution in [-0.2, 0) is 10.2 Å². The fourth-order valence-corrected chi connectivity index (χ4v) is 3.51. The van der Waals surface area contributed by atoms with Gasteiger partial charge in [-0.3, -0.25) is 0 Å². The Balaban J connectivity index is 2.12. The normalized spacial score (nSPS) is 31.3. The minimum atomic E-state index is -3.09. The summed E-state index contributed by atoms with van der Waals surface area (Å²) in [7, 11) is -3.09. The molecular formula is C7H14N2O2S. The lowest BCUT2D eigenvalue weighted by molar-refractivity contribution is 0.350. The van der Waals surface area contributed by atoms with Gasteiger partial charge in [0.15, 0.2) is 0 Å². The third-order valence-corrected chi connectivity index (χ3v) is 4.32. The van der Waals surface area contributed by atoms with Gasteiger partial charge in [0.2, 0.25) is 0 Å². The van der Waals surface area contributed by atoms with Crippen molar-refractivity contribution in [3.63, 3.8) is 0 Å². The number of nitrogens with one attached hydrogen (secondary N) is 1. The zero-order valence-electron chi connectivity index (χ0n) is 6.99. The van der Waals surface area contributed by atoms with E-state index in [4.69, 9.17) is 0 Å². The summed E-state index contributed by atoms with van der Waals surface area (Å²) < 4.78 is 26.9. The predicted octanol–water partition coefficient (Wildman–Crippen LogP) is 0.0790. The molecule has 2 rings (SSSR count). The van der Waals surface area contributed by atoms with Crippen LogP contribution in [0.1, 0.15) is 25.7 Å². The molecule has 1 saturated carbocycles. The van der Waals surface area contributed by atoms with Crippen LogP contribution in [0.3, 0.4) is 0 Å². The lowest BCUT2D eigenvalue weighted by atomic mass is 10.2. The monoisotopic (exact) mass is 190 g/mol. The molecule has 1 aliphatic heterocycles. The summed E-state index contributed by atoms with van der Waals surface area (Å²) in [6.07, 6.45) is 4.44. The Morgan fingerprint density at radius 3 is 2.42 bits per heavy atom. The van der Waals surface area contributed by atoms with E-state index in [0.717, 1.165) is 12.8 Å². The molecule has 70 valence electrons. The molecule has 4 nitrogen and oxygen atoms in total. The Bertz CT molecular complexity index is 257. The van der Waals surface area contributed by atoms with Crippen LogP contribution < -0.4 is 4.72 Å². The Kier molecular flexibility index (Phi) is 2.10. The van der Waals surface area contributed by atoms with Crippen LogP contribution in [0.4, 0.5) is 0 Å². The second-order valence-electron chi connectivity index (χ2n) is 3.45. The molecule has 2 fully saturated rings. The molecule has 1 saturated heterocycles. The van der Waals surface area contributed by atoms with E-state index in [2.05, 4.69) is 4.72 Å². The van der Waals surface area contributed by atoms with Gasteiger partial charge in [0, 0.05) is 19.1 Å². The van der Waals surface area contributed by atoms with E-state index in [-0.39, 0.29) is 6.04 Å². The molecule has 0 unspecified atom stereocenters. The maximum Gasteiger partial charge on any atom is 0.279 e. The number of hydrogen-bond donors (Lipinski definition) is 1. The van der Waals surface area contributed by atoms with Crippen molar-refractivity contribution in [3.05, 3.63) is 0 Å². The molecule has 2 aliphatic rings. The molecule has 0 atom stereocenters. The zero-order valence-corrected chi connectivity index (χ0v) is 7.81. The Morgan fingerprint density at radius 1 is 1.25 bits per heavy atom. The highest BCUT2D eigenvalue weighted by atomic mass is 32.2. The highest BCUT2D eigenvalue weighted by Crippen LogP contribution is 2.26. The molecule has 12 heavy (non-hydrogen) atoms. The van der Waals surface area contributed by atoms with Gasteiger partial charge < -0.3 is 0 Å². The largest absolute Gasteiger partial charge is 0.279 e. The first-order valence-electron chi connectivity index (χ1n) is 4.46. The number of hydrogen-bond acceptors (Lipinski definition) is 2. The molecule has 0 bridgehead atoms. The highest BCUT2D eigenvalue weighted by molar-refractivity contribution is 7.87. The molecule has 1 aliphatic carbocycles. The van der Waals surface area contributed by atoms with Crippen molar-refractivity contribution in [2.24, 2.45) is 0 Å². The van der Waals surface area contributed by atoms with Gasteiger partial charge in [0.05, 0.1) is 0 Å². The van der Waals surface area contributed by atoms with Crippen LogP contribution in [0, 0.1) is 0 Å². The van der Waals surface area contributed by atoms with Crippen LogP contribution in [0.2, 0.25) is 0 Å². The van der Waals surface area contributed by atoms with Crippen LogP contribution in [0.5, 0.6) is 0 Å². The van der Waals surface area contributed by atoms with Gasteiger partial charge in [0.1, 0.15) is 0 Å². The van der Waals surface area contributed by atoms with Crippen molar-refractivity contribution in [1.29, 1.82) is 0 Å². The molecule has 1 N–H and O–H groups in total. The fourth-order valence-electron chi connectivity index (χ4n) is 2.06. The van der Waals surface area contributed by atoms with Crippen LogP contribution in [-0.4, -0.2) is 31.9 Å². The maximum absolute atomic E-state index is 11.4. The van der Waals surface area contributed by atoms with Gasteiger partial charge in [-0.05, 0) is 12.8 Å². The zero-order chi connectivity index (χ0) is 8.60. The molecule has 0 aromatic heterocycles. The van der Waals surface area contributed by atoms with E-state index < -0.39 is 10.2 Å².